The predicted octanol–water partition coefficient (Wildman–Crippen LogP) is 3.04. The molecule has 0 aliphatic rings. The molecule has 0 saturated heterocycles. The van der Waals surface area contributed by atoms with Crippen molar-refractivity contribution in [2.24, 2.45) is 0 Å². The minimum atomic E-state index is -0.482. The van der Waals surface area contributed by atoms with Crippen molar-refractivity contribution >= 4 is 16.9 Å². The number of aromatic nitrogens is 3. The minimum absolute atomic E-state index is 0.0583. The van der Waals surface area contributed by atoms with Crippen LogP contribution in [-0.4, -0.2) is 28.2 Å². The van der Waals surface area contributed by atoms with Gasteiger partial charge in [0.1, 0.15) is 11.4 Å². The molecule has 7 nitrogen and oxygen atoms in total. The Morgan fingerprint density at radius 2 is 2.17 bits per heavy atom. The molecule has 0 saturated carbocycles. The summed E-state index contributed by atoms with van der Waals surface area (Å²) in [6.07, 6.45) is 0. The fourth-order valence-electron chi connectivity index (χ4n) is 2.11. The van der Waals surface area contributed by atoms with Crippen molar-refractivity contribution in [1.29, 1.82) is 0 Å². The van der Waals surface area contributed by atoms with E-state index in [1.54, 1.807) is 13.2 Å². The van der Waals surface area contributed by atoms with Crippen LogP contribution in [0.4, 0.5) is 0 Å². The monoisotopic (exact) mass is 315 g/mol. The number of ether oxygens (including phenoxy) is 2. The molecule has 7 heteroatoms. The molecule has 23 heavy (non-hydrogen) atoms. The van der Waals surface area contributed by atoms with Crippen molar-refractivity contribution in [2.45, 2.75) is 26.4 Å². The van der Waals surface area contributed by atoms with Gasteiger partial charge < -0.3 is 19.0 Å². The van der Waals surface area contributed by atoms with Crippen molar-refractivity contribution in [3.63, 3.8) is 0 Å². The maximum atomic E-state index is 12.1. The molecular formula is C16H17N3O4. The summed E-state index contributed by atoms with van der Waals surface area (Å²) in [5, 5.41) is 4.72. The number of H-pyrrole nitrogens is 1. The second kappa shape index (κ2) is 6.12. The predicted molar refractivity (Wildman–Crippen MR) is 82.4 cm³/mol. The minimum Gasteiger partial charge on any atom is -0.497 e. The summed E-state index contributed by atoms with van der Waals surface area (Å²) in [4.78, 5) is 19.3. The van der Waals surface area contributed by atoms with Crippen LogP contribution in [0, 0.1) is 0 Å². The van der Waals surface area contributed by atoms with Crippen LogP contribution in [0.3, 0.4) is 0 Å². The third-order valence-corrected chi connectivity index (χ3v) is 3.38. The molecule has 0 fully saturated rings. The number of nitrogens with zero attached hydrogens (tertiary/aromatic N) is 2. The van der Waals surface area contributed by atoms with E-state index in [0.29, 0.717) is 17.3 Å². The van der Waals surface area contributed by atoms with Crippen molar-refractivity contribution < 1.29 is 18.8 Å². The first kappa shape index (κ1) is 15.1. The zero-order valence-electron chi connectivity index (χ0n) is 13.1. The largest absolute Gasteiger partial charge is 0.497 e. The molecule has 0 radical (unpaired) electrons. The van der Waals surface area contributed by atoms with Gasteiger partial charge in [-0.25, -0.2) is 4.79 Å². The van der Waals surface area contributed by atoms with Gasteiger partial charge in [-0.3, -0.25) is 0 Å². The number of hydrogen-bond donors (Lipinski definition) is 1. The van der Waals surface area contributed by atoms with E-state index in [1.807, 2.05) is 32.0 Å². The van der Waals surface area contributed by atoms with E-state index in [-0.39, 0.29) is 18.4 Å². The maximum Gasteiger partial charge on any atom is 0.355 e. The highest BCUT2D eigenvalue weighted by molar-refractivity contribution is 5.95. The lowest BCUT2D eigenvalue weighted by Crippen LogP contribution is -2.05. The molecule has 0 aliphatic heterocycles. The lowest BCUT2D eigenvalue weighted by atomic mass is 10.2. The number of nitrogens with one attached hydrogen (secondary N) is 1. The van der Waals surface area contributed by atoms with Crippen LogP contribution in [0.25, 0.3) is 10.9 Å². The van der Waals surface area contributed by atoms with Crippen molar-refractivity contribution in [1.82, 2.24) is 15.1 Å². The van der Waals surface area contributed by atoms with Gasteiger partial charge in [0.05, 0.1) is 7.11 Å². The highest BCUT2D eigenvalue weighted by Crippen LogP contribution is 2.21. The summed E-state index contributed by atoms with van der Waals surface area (Å²) in [6, 6.07) is 7.25. The Morgan fingerprint density at radius 3 is 2.87 bits per heavy atom. The molecular weight excluding hydrogens is 298 g/mol. The molecule has 0 amide bonds. The lowest BCUT2D eigenvalue weighted by Gasteiger charge is -1.99. The van der Waals surface area contributed by atoms with Gasteiger partial charge in [-0.2, -0.15) is 4.98 Å². The Bertz CT molecular complexity index is 835. The van der Waals surface area contributed by atoms with Gasteiger partial charge >= 0.3 is 5.97 Å². The first-order valence-corrected chi connectivity index (χ1v) is 7.23. The van der Waals surface area contributed by atoms with Gasteiger partial charge in [-0.15, -0.1) is 0 Å². The zero-order chi connectivity index (χ0) is 16.4. The zero-order valence-corrected chi connectivity index (χ0v) is 13.1. The number of esters is 1. The second-order valence-electron chi connectivity index (χ2n) is 5.41. The summed E-state index contributed by atoms with van der Waals surface area (Å²) in [7, 11) is 1.59. The fraction of sp³-hybridized carbons (Fsp3) is 0.312. The number of methoxy groups -OCH3 is 1. The van der Waals surface area contributed by atoms with Gasteiger partial charge in [0.15, 0.2) is 12.4 Å². The van der Waals surface area contributed by atoms with Gasteiger partial charge in [0, 0.05) is 22.9 Å². The number of benzene rings is 1. The van der Waals surface area contributed by atoms with Crippen LogP contribution in [-0.2, 0) is 11.3 Å². The first-order valence-electron chi connectivity index (χ1n) is 7.23. The quantitative estimate of drug-likeness (QED) is 0.728. The van der Waals surface area contributed by atoms with Gasteiger partial charge in [0.2, 0.25) is 0 Å². The molecule has 2 heterocycles. The topological polar surface area (TPSA) is 90.2 Å². The summed E-state index contributed by atoms with van der Waals surface area (Å²) in [5.41, 5.74) is 1.16. The first-order chi connectivity index (χ1) is 11.1. The highest BCUT2D eigenvalue weighted by atomic mass is 16.6. The molecule has 0 spiro atoms. The fourth-order valence-corrected chi connectivity index (χ4v) is 2.11. The normalized spacial score (nSPS) is 11.1. The molecule has 3 aromatic rings. The SMILES string of the molecule is COc1ccc2cc(C(=O)OCc3nc(C(C)C)no3)[nH]c2c1. The van der Waals surface area contributed by atoms with Crippen LogP contribution in [0.1, 0.15) is 42.0 Å². The van der Waals surface area contributed by atoms with Crippen LogP contribution < -0.4 is 4.74 Å². The van der Waals surface area contributed by atoms with E-state index in [0.717, 1.165) is 10.9 Å². The average Bonchev–Trinajstić information content (AvgIpc) is 3.18. The molecule has 1 aromatic carbocycles. The van der Waals surface area contributed by atoms with E-state index < -0.39 is 5.97 Å². The van der Waals surface area contributed by atoms with E-state index in [1.165, 1.54) is 0 Å². The van der Waals surface area contributed by atoms with Gasteiger partial charge in [0.25, 0.3) is 5.89 Å². The molecule has 3 rings (SSSR count). The Labute approximate surface area is 132 Å². The number of carbonyl (C=O) groups is 1. The lowest BCUT2D eigenvalue weighted by molar-refractivity contribution is 0.0424. The Hall–Kier alpha value is -2.83. The third-order valence-electron chi connectivity index (χ3n) is 3.38. The van der Waals surface area contributed by atoms with Crippen LogP contribution in [0.2, 0.25) is 0 Å². The van der Waals surface area contributed by atoms with Gasteiger partial charge in [-0.05, 0) is 18.2 Å². The Balaban J connectivity index is 1.70. The highest BCUT2D eigenvalue weighted by Gasteiger charge is 2.15. The van der Waals surface area contributed by atoms with Gasteiger partial charge in [-0.1, -0.05) is 19.0 Å². The summed E-state index contributed by atoms with van der Waals surface area (Å²) < 4.78 is 15.4. The smallest absolute Gasteiger partial charge is 0.355 e. The maximum absolute atomic E-state index is 12.1. The Kier molecular flexibility index (Phi) is 4.01. The van der Waals surface area contributed by atoms with Crippen molar-refractivity contribution in [2.75, 3.05) is 7.11 Å². The number of rotatable bonds is 5. The standard InChI is InChI=1S/C16H17N3O4/c1-9(2)15-18-14(23-19-15)8-22-16(20)13-6-10-4-5-11(21-3)7-12(10)17-13/h4-7,9,17H,8H2,1-3H3. The number of hydrogen-bond acceptors (Lipinski definition) is 6. The summed E-state index contributed by atoms with van der Waals surface area (Å²) >= 11 is 0. The molecule has 1 N–H and O–H groups in total. The number of aromatic amines is 1. The van der Waals surface area contributed by atoms with E-state index in [2.05, 4.69) is 15.1 Å². The molecule has 120 valence electrons. The molecule has 0 atom stereocenters. The van der Waals surface area contributed by atoms with Crippen molar-refractivity contribution in [3.05, 3.63) is 41.7 Å². The van der Waals surface area contributed by atoms with Crippen LogP contribution >= 0.6 is 0 Å². The number of carbonyl (C=O) groups excluding carboxylic acids is 1. The second-order valence-corrected chi connectivity index (χ2v) is 5.41. The van der Waals surface area contributed by atoms with E-state index in [4.69, 9.17) is 14.0 Å². The van der Waals surface area contributed by atoms with Crippen LogP contribution in [0.5, 0.6) is 5.75 Å². The summed E-state index contributed by atoms with van der Waals surface area (Å²) in [6.45, 7) is 3.86. The number of fused-ring (bicyclic) bond motifs is 1. The molecule has 0 bridgehead atoms. The molecule has 0 aliphatic carbocycles. The molecule has 0 unspecified atom stereocenters. The van der Waals surface area contributed by atoms with E-state index in [9.17, 15) is 4.79 Å². The third kappa shape index (κ3) is 3.18. The Morgan fingerprint density at radius 1 is 1.35 bits per heavy atom. The molecule has 2 aromatic heterocycles. The van der Waals surface area contributed by atoms with Crippen LogP contribution in [0.15, 0.2) is 28.8 Å². The summed E-state index contributed by atoms with van der Waals surface area (Å²) in [5.74, 6) is 1.26. The van der Waals surface area contributed by atoms with Crippen molar-refractivity contribution in [3.8, 4) is 5.75 Å². The average molecular weight is 315 g/mol. The van der Waals surface area contributed by atoms with E-state index >= 15 is 0 Å².